The number of anilines is 2. The maximum Gasteiger partial charge on any atom is 0.388 e. The van der Waals surface area contributed by atoms with Gasteiger partial charge in [-0.1, -0.05) is 4.98 Å². The third kappa shape index (κ3) is 2.93. The van der Waals surface area contributed by atoms with E-state index in [0.29, 0.717) is 30.7 Å². The van der Waals surface area contributed by atoms with Crippen LogP contribution in [0.25, 0.3) is 0 Å². The molecule has 0 aliphatic rings. The molecule has 0 spiro atoms. The van der Waals surface area contributed by atoms with Crippen molar-refractivity contribution in [3.63, 3.8) is 0 Å². The number of hydrogen-bond donors (Lipinski definition) is 2. The Balaban J connectivity index is 2.26. The van der Waals surface area contributed by atoms with Crippen LogP contribution in [0.4, 0.5) is 11.8 Å². The van der Waals surface area contributed by atoms with E-state index in [9.17, 15) is 0 Å². The summed E-state index contributed by atoms with van der Waals surface area (Å²) in [5.74, 6) is 1.36. The number of nitrogens with one attached hydrogen (secondary N) is 1. The summed E-state index contributed by atoms with van der Waals surface area (Å²) in [4.78, 5) is 6.86. The van der Waals surface area contributed by atoms with Crippen molar-refractivity contribution in [3.8, 4) is 5.88 Å². The third-order valence-corrected chi connectivity index (χ3v) is 2.77. The third-order valence-electron chi connectivity index (χ3n) is 2.77. The smallest absolute Gasteiger partial charge is 0.388 e. The molecule has 5 N–H and O–H groups in total. The number of nitrogens with two attached hydrogens (primary N) is 2. The van der Waals surface area contributed by atoms with E-state index in [1.807, 2.05) is 24.6 Å². The van der Waals surface area contributed by atoms with Crippen molar-refractivity contribution in [2.75, 3.05) is 18.1 Å². The largest absolute Gasteiger partial charge is 0.477 e. The molecule has 0 saturated heterocycles. The minimum absolute atomic E-state index is 0.306. The molecular weight excluding hydrogens is 244 g/mol. The summed E-state index contributed by atoms with van der Waals surface area (Å²) >= 11 is 0. The fourth-order valence-electron chi connectivity index (χ4n) is 1.87. The number of ether oxygens (including phenoxy) is 1. The van der Waals surface area contributed by atoms with Crippen LogP contribution in [0.2, 0.25) is 0 Å². The van der Waals surface area contributed by atoms with Crippen LogP contribution in [0.3, 0.4) is 0 Å². The predicted molar refractivity (Wildman–Crippen MR) is 71.5 cm³/mol. The summed E-state index contributed by atoms with van der Waals surface area (Å²) in [6.07, 6.45) is 2.40. The average Bonchev–Trinajstić information content (AvgIpc) is 2.75. The Morgan fingerprint density at radius 3 is 2.79 bits per heavy atom. The quantitative estimate of drug-likeness (QED) is 0.805. The van der Waals surface area contributed by atoms with Gasteiger partial charge in [-0.15, -0.1) is 5.10 Å². The Kier molecular flexibility index (Phi) is 3.84. The lowest BCUT2D eigenvalue weighted by atomic mass is 10.1. The summed E-state index contributed by atoms with van der Waals surface area (Å²) in [5.41, 5.74) is 13.3. The number of aromatic nitrogens is 4. The normalized spacial score (nSPS) is 10.6. The van der Waals surface area contributed by atoms with Gasteiger partial charge >= 0.3 is 5.95 Å². The van der Waals surface area contributed by atoms with Gasteiger partial charge in [0.25, 0.3) is 0 Å². The topological polar surface area (TPSA) is 106 Å². The molecule has 2 heterocycles. The second-order valence-corrected chi connectivity index (χ2v) is 4.10. The number of aromatic amines is 1. The molecule has 0 atom stereocenters. The number of nitrogen functional groups attached to an aromatic ring is 2. The number of rotatable bonds is 5. The van der Waals surface area contributed by atoms with Crippen molar-refractivity contribution >= 4 is 11.8 Å². The van der Waals surface area contributed by atoms with Gasteiger partial charge in [-0.2, -0.15) is 0 Å². The first kappa shape index (κ1) is 13.1. The van der Waals surface area contributed by atoms with Crippen LogP contribution in [0.1, 0.15) is 25.1 Å². The first-order valence-corrected chi connectivity index (χ1v) is 6.26. The summed E-state index contributed by atoms with van der Waals surface area (Å²) in [6, 6.07) is 1.92. The van der Waals surface area contributed by atoms with E-state index in [2.05, 4.69) is 15.1 Å². The number of aryl methyl sites for hydroxylation is 1. The monoisotopic (exact) mass is 263 g/mol. The summed E-state index contributed by atoms with van der Waals surface area (Å²) in [7, 11) is 0. The van der Waals surface area contributed by atoms with Gasteiger partial charge in [0, 0.05) is 30.3 Å². The molecule has 0 radical (unpaired) electrons. The van der Waals surface area contributed by atoms with E-state index in [-0.39, 0.29) is 0 Å². The van der Waals surface area contributed by atoms with E-state index < -0.39 is 0 Å². The molecule has 102 valence electrons. The maximum atomic E-state index is 5.85. The Hall–Kier alpha value is -2.31. The number of H-pyrrole nitrogens is 1. The fraction of sp³-hybridized carbons (Fsp3) is 0.417. The van der Waals surface area contributed by atoms with Crippen LogP contribution >= 0.6 is 0 Å². The van der Waals surface area contributed by atoms with Gasteiger partial charge in [0.05, 0.1) is 12.8 Å². The lowest BCUT2D eigenvalue weighted by Crippen LogP contribution is -2.16. The average molecular weight is 263 g/mol. The zero-order valence-corrected chi connectivity index (χ0v) is 11.2. The highest BCUT2D eigenvalue weighted by Crippen LogP contribution is 2.18. The van der Waals surface area contributed by atoms with Crippen LogP contribution < -0.4 is 21.2 Å². The van der Waals surface area contributed by atoms with Crippen molar-refractivity contribution in [1.82, 2.24) is 14.8 Å². The van der Waals surface area contributed by atoms with E-state index in [4.69, 9.17) is 16.2 Å². The van der Waals surface area contributed by atoms with Crippen LogP contribution in [0.5, 0.6) is 5.88 Å². The van der Waals surface area contributed by atoms with Crippen molar-refractivity contribution in [2.45, 2.75) is 26.8 Å². The van der Waals surface area contributed by atoms with Crippen molar-refractivity contribution in [2.24, 2.45) is 0 Å². The Morgan fingerprint density at radius 2 is 2.16 bits per heavy atom. The standard InChI is InChI=1S/C12H18N6O/c1-3-18-9(6-10(17-18)19-4-2)5-8-7-15-12(14)16-11(8)13/h6-7H,3-5H2,1-2H3,(H4,13,14,15,16)/p+1. The summed E-state index contributed by atoms with van der Waals surface area (Å²) in [5, 5.41) is 4.36. The van der Waals surface area contributed by atoms with Crippen molar-refractivity contribution < 1.29 is 9.72 Å². The molecule has 0 aliphatic heterocycles. The van der Waals surface area contributed by atoms with Gasteiger partial charge in [0.15, 0.2) is 0 Å². The van der Waals surface area contributed by atoms with Crippen molar-refractivity contribution in [3.05, 3.63) is 23.5 Å². The lowest BCUT2D eigenvalue weighted by molar-refractivity contribution is -0.364. The van der Waals surface area contributed by atoms with Gasteiger partial charge < -0.3 is 10.5 Å². The molecule has 2 aromatic rings. The summed E-state index contributed by atoms with van der Waals surface area (Å²) in [6.45, 7) is 5.33. The SMILES string of the molecule is CCOc1cc(Cc2c[nH+]c(N)nc2N)n(CC)n1. The van der Waals surface area contributed by atoms with Gasteiger partial charge in [0.1, 0.15) is 0 Å². The Morgan fingerprint density at radius 1 is 1.37 bits per heavy atom. The molecule has 0 aliphatic carbocycles. The second kappa shape index (κ2) is 5.55. The fourth-order valence-corrected chi connectivity index (χ4v) is 1.87. The highest BCUT2D eigenvalue weighted by molar-refractivity contribution is 5.41. The van der Waals surface area contributed by atoms with Gasteiger partial charge in [-0.3, -0.25) is 10.4 Å². The molecule has 7 heteroatoms. The van der Waals surface area contributed by atoms with Crippen LogP contribution in [0.15, 0.2) is 12.3 Å². The van der Waals surface area contributed by atoms with E-state index in [1.165, 1.54) is 0 Å². The maximum absolute atomic E-state index is 5.85. The molecule has 0 fully saturated rings. The highest BCUT2D eigenvalue weighted by Gasteiger charge is 2.13. The van der Waals surface area contributed by atoms with Crippen LogP contribution in [-0.4, -0.2) is 21.4 Å². The van der Waals surface area contributed by atoms with Crippen molar-refractivity contribution in [1.29, 1.82) is 0 Å². The highest BCUT2D eigenvalue weighted by atomic mass is 16.5. The lowest BCUT2D eigenvalue weighted by Gasteiger charge is -2.04. The molecular formula is C12H19N6O+. The van der Waals surface area contributed by atoms with Gasteiger partial charge in [-0.05, 0) is 13.8 Å². The Bertz CT molecular complexity index is 565. The number of nitrogens with zero attached hydrogens (tertiary/aromatic N) is 3. The number of hydrogen-bond acceptors (Lipinski definition) is 5. The molecule has 2 aromatic heterocycles. The van der Waals surface area contributed by atoms with E-state index >= 15 is 0 Å². The zero-order chi connectivity index (χ0) is 13.8. The molecule has 0 saturated carbocycles. The first-order valence-electron chi connectivity index (χ1n) is 6.26. The molecule has 7 nitrogen and oxygen atoms in total. The molecule has 0 bridgehead atoms. The Labute approximate surface area is 111 Å². The second-order valence-electron chi connectivity index (χ2n) is 4.10. The van der Waals surface area contributed by atoms with Crippen LogP contribution in [-0.2, 0) is 13.0 Å². The van der Waals surface area contributed by atoms with Gasteiger partial charge in [0.2, 0.25) is 11.7 Å². The summed E-state index contributed by atoms with van der Waals surface area (Å²) < 4.78 is 7.30. The van der Waals surface area contributed by atoms with E-state index in [1.54, 1.807) is 6.20 Å². The molecule has 19 heavy (non-hydrogen) atoms. The minimum Gasteiger partial charge on any atom is -0.477 e. The zero-order valence-electron chi connectivity index (χ0n) is 11.2. The molecule has 0 amide bonds. The predicted octanol–water partition coefficient (Wildman–Crippen LogP) is 0.266. The van der Waals surface area contributed by atoms with Crippen LogP contribution in [0, 0.1) is 0 Å². The molecule has 0 unspecified atom stereocenters. The van der Waals surface area contributed by atoms with Gasteiger partial charge in [-0.25, -0.2) is 4.98 Å². The minimum atomic E-state index is 0.306. The molecule has 0 aromatic carbocycles. The van der Waals surface area contributed by atoms with E-state index in [0.717, 1.165) is 17.8 Å². The first-order chi connectivity index (χ1) is 9.13. The molecule has 2 rings (SSSR count).